The zero-order chi connectivity index (χ0) is 15.0. The molecule has 0 aromatic heterocycles. The van der Waals surface area contributed by atoms with Crippen molar-refractivity contribution < 1.29 is 19.4 Å². The molecule has 0 saturated carbocycles. The van der Waals surface area contributed by atoms with Gasteiger partial charge in [0, 0.05) is 12.6 Å². The SMILES string of the molecule is CC(=O)NC[C@H]1CN(c2ccc3c(c2)CCC3O)C(=O)O1. The number of fused-ring (bicyclic) bond motifs is 1. The van der Waals surface area contributed by atoms with Crippen molar-refractivity contribution in [1.82, 2.24) is 5.32 Å². The summed E-state index contributed by atoms with van der Waals surface area (Å²) in [6.07, 6.45) is 0.424. The summed E-state index contributed by atoms with van der Waals surface area (Å²) in [5.41, 5.74) is 2.80. The van der Waals surface area contributed by atoms with Crippen molar-refractivity contribution in [2.24, 2.45) is 0 Å². The molecule has 6 heteroatoms. The molecule has 1 saturated heterocycles. The van der Waals surface area contributed by atoms with E-state index in [0.717, 1.165) is 29.7 Å². The number of rotatable bonds is 3. The van der Waals surface area contributed by atoms with E-state index in [-0.39, 0.29) is 12.0 Å². The number of carbonyl (C=O) groups is 2. The second-order valence-corrected chi connectivity index (χ2v) is 5.49. The molecule has 1 heterocycles. The number of carbonyl (C=O) groups excluding carboxylic acids is 2. The first-order chi connectivity index (χ1) is 10.0. The maximum absolute atomic E-state index is 11.9. The quantitative estimate of drug-likeness (QED) is 0.874. The normalized spacial score (nSPS) is 23.9. The summed E-state index contributed by atoms with van der Waals surface area (Å²) in [4.78, 5) is 24.4. The van der Waals surface area contributed by atoms with Gasteiger partial charge < -0.3 is 15.2 Å². The van der Waals surface area contributed by atoms with Gasteiger partial charge in [0.25, 0.3) is 0 Å². The molecule has 0 radical (unpaired) electrons. The minimum Gasteiger partial charge on any atom is -0.442 e. The number of nitrogens with zero attached hydrogens (tertiary/aromatic N) is 1. The lowest BCUT2D eigenvalue weighted by Gasteiger charge is -2.15. The summed E-state index contributed by atoms with van der Waals surface area (Å²) in [5.74, 6) is -0.143. The van der Waals surface area contributed by atoms with Crippen LogP contribution in [0, 0.1) is 0 Å². The van der Waals surface area contributed by atoms with Gasteiger partial charge in [-0.2, -0.15) is 0 Å². The van der Waals surface area contributed by atoms with Crippen LogP contribution in [0.25, 0.3) is 0 Å². The van der Waals surface area contributed by atoms with Crippen LogP contribution in [-0.4, -0.2) is 36.3 Å². The molecule has 1 fully saturated rings. The van der Waals surface area contributed by atoms with Gasteiger partial charge in [-0.05, 0) is 36.1 Å². The van der Waals surface area contributed by atoms with Gasteiger partial charge in [-0.3, -0.25) is 9.69 Å². The second kappa shape index (κ2) is 5.37. The van der Waals surface area contributed by atoms with E-state index in [2.05, 4.69) is 5.32 Å². The van der Waals surface area contributed by atoms with Gasteiger partial charge in [-0.15, -0.1) is 0 Å². The van der Waals surface area contributed by atoms with Gasteiger partial charge in [-0.25, -0.2) is 4.79 Å². The predicted octanol–water partition coefficient (Wildman–Crippen LogP) is 1.13. The minimum atomic E-state index is -0.399. The topological polar surface area (TPSA) is 78.9 Å². The number of aryl methyl sites for hydroxylation is 1. The Balaban J connectivity index is 1.72. The third kappa shape index (κ3) is 2.71. The highest BCUT2D eigenvalue weighted by atomic mass is 16.6. The highest BCUT2D eigenvalue weighted by Crippen LogP contribution is 2.34. The van der Waals surface area contributed by atoms with E-state index >= 15 is 0 Å². The predicted molar refractivity (Wildman–Crippen MR) is 76.0 cm³/mol. The van der Waals surface area contributed by atoms with Crippen molar-refractivity contribution >= 4 is 17.7 Å². The maximum Gasteiger partial charge on any atom is 0.414 e. The fraction of sp³-hybridized carbons (Fsp3) is 0.467. The Morgan fingerprint density at radius 2 is 2.33 bits per heavy atom. The first-order valence-electron chi connectivity index (χ1n) is 7.08. The Kier molecular flexibility index (Phi) is 3.55. The van der Waals surface area contributed by atoms with Crippen LogP contribution >= 0.6 is 0 Å². The van der Waals surface area contributed by atoms with E-state index in [0.29, 0.717) is 13.1 Å². The fourth-order valence-electron chi connectivity index (χ4n) is 2.85. The molecule has 1 unspecified atom stereocenters. The summed E-state index contributed by atoms with van der Waals surface area (Å²) in [6, 6.07) is 5.64. The Hall–Kier alpha value is -2.08. The first kappa shape index (κ1) is 13.9. The van der Waals surface area contributed by atoms with Gasteiger partial charge in [-0.1, -0.05) is 6.07 Å². The zero-order valence-corrected chi connectivity index (χ0v) is 11.8. The third-order valence-corrected chi connectivity index (χ3v) is 3.94. The standard InChI is InChI=1S/C15H18N2O4/c1-9(18)16-7-12-8-17(15(20)21-12)11-3-4-13-10(6-11)2-5-14(13)19/h3-4,6,12,14,19H,2,5,7-8H2,1H3,(H,16,18)/t12-,14?/m0/s1. The third-order valence-electron chi connectivity index (χ3n) is 3.94. The van der Waals surface area contributed by atoms with Crippen LogP contribution in [0.15, 0.2) is 18.2 Å². The average molecular weight is 290 g/mol. The number of aliphatic hydroxyl groups is 1. The molecule has 2 atom stereocenters. The molecule has 2 N–H and O–H groups in total. The monoisotopic (exact) mass is 290 g/mol. The Labute approximate surface area is 122 Å². The number of benzene rings is 1. The van der Waals surface area contributed by atoms with Crippen molar-refractivity contribution in [3.05, 3.63) is 29.3 Å². The van der Waals surface area contributed by atoms with Crippen LogP contribution in [0.5, 0.6) is 0 Å². The molecule has 1 aromatic carbocycles. The van der Waals surface area contributed by atoms with Gasteiger partial charge in [0.05, 0.1) is 19.2 Å². The highest BCUT2D eigenvalue weighted by Gasteiger charge is 2.33. The van der Waals surface area contributed by atoms with Gasteiger partial charge in [0.15, 0.2) is 0 Å². The Morgan fingerprint density at radius 3 is 3.10 bits per heavy atom. The van der Waals surface area contributed by atoms with Crippen LogP contribution in [0.3, 0.4) is 0 Å². The number of hydrogen-bond donors (Lipinski definition) is 2. The molecule has 6 nitrogen and oxygen atoms in total. The van der Waals surface area contributed by atoms with E-state index in [1.165, 1.54) is 6.92 Å². The Bertz CT molecular complexity index is 587. The Morgan fingerprint density at radius 1 is 1.52 bits per heavy atom. The van der Waals surface area contributed by atoms with Gasteiger partial charge in [0.1, 0.15) is 6.10 Å². The molecule has 3 rings (SSSR count). The number of cyclic esters (lactones) is 1. The summed E-state index contributed by atoms with van der Waals surface area (Å²) in [7, 11) is 0. The minimum absolute atomic E-state index is 0.143. The van der Waals surface area contributed by atoms with Crippen LogP contribution < -0.4 is 10.2 Å². The number of ether oxygens (including phenoxy) is 1. The largest absolute Gasteiger partial charge is 0.442 e. The molecular weight excluding hydrogens is 272 g/mol. The summed E-state index contributed by atoms with van der Waals surface area (Å²) < 4.78 is 5.24. The number of nitrogens with one attached hydrogen (secondary N) is 1. The maximum atomic E-state index is 11.9. The first-order valence-corrected chi connectivity index (χ1v) is 7.08. The lowest BCUT2D eigenvalue weighted by Crippen LogP contribution is -2.33. The second-order valence-electron chi connectivity index (χ2n) is 5.49. The molecule has 2 aliphatic rings. The molecule has 0 bridgehead atoms. The van der Waals surface area contributed by atoms with Gasteiger partial charge >= 0.3 is 6.09 Å². The number of aliphatic hydroxyl groups excluding tert-OH is 1. The highest BCUT2D eigenvalue weighted by molar-refractivity contribution is 5.90. The molecule has 1 aliphatic heterocycles. The summed E-state index contributed by atoms with van der Waals surface area (Å²) >= 11 is 0. The van der Waals surface area contributed by atoms with E-state index < -0.39 is 12.2 Å². The fourth-order valence-corrected chi connectivity index (χ4v) is 2.85. The summed E-state index contributed by atoms with van der Waals surface area (Å²) in [6.45, 7) is 2.17. The van der Waals surface area contributed by atoms with Crippen molar-refractivity contribution in [2.75, 3.05) is 18.0 Å². The lowest BCUT2D eigenvalue weighted by molar-refractivity contribution is -0.119. The van der Waals surface area contributed by atoms with Crippen LogP contribution in [0.1, 0.15) is 30.6 Å². The average Bonchev–Trinajstić information content (AvgIpc) is 3.00. The molecule has 21 heavy (non-hydrogen) atoms. The van der Waals surface area contributed by atoms with Crippen LogP contribution in [0.4, 0.5) is 10.5 Å². The van der Waals surface area contributed by atoms with Gasteiger partial charge in [0.2, 0.25) is 5.91 Å². The number of amides is 2. The van der Waals surface area contributed by atoms with E-state index in [4.69, 9.17) is 4.74 Å². The molecule has 1 aromatic rings. The van der Waals surface area contributed by atoms with E-state index in [1.54, 1.807) is 4.90 Å². The summed E-state index contributed by atoms with van der Waals surface area (Å²) in [5, 5.41) is 12.5. The molecule has 0 spiro atoms. The molecule has 1 aliphatic carbocycles. The molecular formula is C15H18N2O4. The lowest BCUT2D eigenvalue weighted by atomic mass is 10.1. The number of hydrogen-bond acceptors (Lipinski definition) is 4. The zero-order valence-electron chi connectivity index (χ0n) is 11.8. The molecule has 112 valence electrons. The van der Waals surface area contributed by atoms with E-state index in [1.807, 2.05) is 18.2 Å². The van der Waals surface area contributed by atoms with Crippen LogP contribution in [-0.2, 0) is 16.0 Å². The van der Waals surface area contributed by atoms with Crippen molar-refractivity contribution in [3.63, 3.8) is 0 Å². The number of anilines is 1. The van der Waals surface area contributed by atoms with E-state index in [9.17, 15) is 14.7 Å². The van der Waals surface area contributed by atoms with Crippen molar-refractivity contribution in [2.45, 2.75) is 32.0 Å². The smallest absolute Gasteiger partial charge is 0.414 e. The van der Waals surface area contributed by atoms with Crippen molar-refractivity contribution in [3.8, 4) is 0 Å². The van der Waals surface area contributed by atoms with Crippen LogP contribution in [0.2, 0.25) is 0 Å². The molecule has 2 amide bonds. The van der Waals surface area contributed by atoms with Crippen molar-refractivity contribution in [1.29, 1.82) is 0 Å².